The SMILES string of the molecule is Cc1ccc(C)c(OCC(=O)N(Cc2cccc(Br)c2)[C@@H](Cc2ccccc2)C(=O)NC(C)C)c1. The van der Waals surface area contributed by atoms with Crippen LogP contribution < -0.4 is 10.1 Å². The van der Waals surface area contributed by atoms with Crippen LogP contribution in [0, 0.1) is 13.8 Å². The number of hydrogen-bond acceptors (Lipinski definition) is 3. The summed E-state index contributed by atoms with van der Waals surface area (Å²) in [4.78, 5) is 28.6. The molecule has 35 heavy (non-hydrogen) atoms. The van der Waals surface area contributed by atoms with Gasteiger partial charge in [-0.1, -0.05) is 70.5 Å². The van der Waals surface area contributed by atoms with Gasteiger partial charge in [-0.3, -0.25) is 9.59 Å². The van der Waals surface area contributed by atoms with Gasteiger partial charge in [0.1, 0.15) is 11.8 Å². The minimum Gasteiger partial charge on any atom is -0.483 e. The van der Waals surface area contributed by atoms with Crippen LogP contribution in [-0.4, -0.2) is 35.4 Å². The van der Waals surface area contributed by atoms with Crippen molar-refractivity contribution in [2.24, 2.45) is 0 Å². The van der Waals surface area contributed by atoms with Gasteiger partial charge >= 0.3 is 0 Å². The molecule has 5 nitrogen and oxygen atoms in total. The highest BCUT2D eigenvalue weighted by molar-refractivity contribution is 9.10. The molecule has 0 aliphatic carbocycles. The maximum absolute atomic E-state index is 13.6. The molecule has 0 bridgehead atoms. The van der Waals surface area contributed by atoms with Gasteiger partial charge in [-0.05, 0) is 68.1 Å². The first-order valence-electron chi connectivity index (χ1n) is 11.8. The number of nitrogens with one attached hydrogen (secondary N) is 1. The van der Waals surface area contributed by atoms with Crippen molar-refractivity contribution in [1.29, 1.82) is 0 Å². The average Bonchev–Trinajstić information content (AvgIpc) is 2.82. The van der Waals surface area contributed by atoms with E-state index in [1.807, 2.05) is 100 Å². The van der Waals surface area contributed by atoms with Crippen LogP contribution in [0.3, 0.4) is 0 Å². The minimum atomic E-state index is -0.687. The first-order chi connectivity index (χ1) is 16.7. The van der Waals surface area contributed by atoms with Gasteiger partial charge in [0.05, 0.1) is 0 Å². The van der Waals surface area contributed by atoms with Gasteiger partial charge in [0.2, 0.25) is 5.91 Å². The van der Waals surface area contributed by atoms with E-state index in [9.17, 15) is 9.59 Å². The molecule has 0 aliphatic rings. The van der Waals surface area contributed by atoms with Crippen molar-refractivity contribution in [3.63, 3.8) is 0 Å². The number of nitrogens with zero attached hydrogens (tertiary/aromatic N) is 1. The maximum Gasteiger partial charge on any atom is 0.261 e. The predicted octanol–water partition coefficient (Wildman–Crippen LogP) is 5.61. The quantitative estimate of drug-likeness (QED) is 0.366. The van der Waals surface area contributed by atoms with Gasteiger partial charge in [0.25, 0.3) is 5.91 Å². The normalized spacial score (nSPS) is 11.7. The molecule has 184 valence electrons. The summed E-state index contributed by atoms with van der Waals surface area (Å²) in [6.45, 7) is 7.91. The number of carbonyl (C=O) groups is 2. The van der Waals surface area contributed by atoms with E-state index in [1.165, 1.54) is 0 Å². The number of rotatable bonds is 10. The highest BCUT2D eigenvalue weighted by atomic mass is 79.9. The number of ether oxygens (including phenoxy) is 1. The molecule has 0 spiro atoms. The Labute approximate surface area is 216 Å². The molecule has 0 saturated carbocycles. The summed E-state index contributed by atoms with van der Waals surface area (Å²) >= 11 is 3.51. The zero-order chi connectivity index (χ0) is 25.4. The van der Waals surface area contributed by atoms with Gasteiger partial charge < -0.3 is 15.0 Å². The van der Waals surface area contributed by atoms with E-state index < -0.39 is 6.04 Å². The molecule has 1 atom stereocenters. The smallest absolute Gasteiger partial charge is 0.261 e. The van der Waals surface area contributed by atoms with Crippen molar-refractivity contribution in [3.8, 4) is 5.75 Å². The molecule has 0 unspecified atom stereocenters. The Balaban J connectivity index is 1.92. The maximum atomic E-state index is 13.6. The molecular formula is C29H33BrN2O3. The lowest BCUT2D eigenvalue weighted by molar-refractivity contribution is -0.143. The summed E-state index contributed by atoms with van der Waals surface area (Å²) in [5.74, 6) is 0.247. The van der Waals surface area contributed by atoms with E-state index in [4.69, 9.17) is 4.74 Å². The fourth-order valence-corrected chi connectivity index (χ4v) is 4.30. The molecule has 0 saturated heterocycles. The van der Waals surface area contributed by atoms with Crippen molar-refractivity contribution in [2.75, 3.05) is 6.61 Å². The summed E-state index contributed by atoms with van der Waals surface area (Å²) < 4.78 is 6.87. The molecule has 3 aromatic rings. The predicted molar refractivity (Wildman–Crippen MR) is 143 cm³/mol. The van der Waals surface area contributed by atoms with Crippen molar-refractivity contribution < 1.29 is 14.3 Å². The molecular weight excluding hydrogens is 504 g/mol. The topological polar surface area (TPSA) is 58.6 Å². The number of aryl methyl sites for hydroxylation is 2. The third-order valence-corrected chi connectivity index (χ3v) is 6.13. The van der Waals surface area contributed by atoms with E-state index in [2.05, 4.69) is 21.2 Å². The first-order valence-corrected chi connectivity index (χ1v) is 12.6. The molecule has 2 amide bonds. The van der Waals surface area contributed by atoms with Gasteiger partial charge in [0, 0.05) is 23.5 Å². The Morgan fingerprint density at radius 2 is 1.66 bits per heavy atom. The average molecular weight is 537 g/mol. The van der Waals surface area contributed by atoms with Crippen molar-refractivity contribution in [3.05, 3.63) is 99.5 Å². The molecule has 0 aliphatic heterocycles. The number of carbonyl (C=O) groups excluding carboxylic acids is 2. The van der Waals surface area contributed by atoms with Crippen LogP contribution in [0.1, 0.15) is 36.1 Å². The van der Waals surface area contributed by atoms with Gasteiger partial charge in [-0.25, -0.2) is 0 Å². The van der Waals surface area contributed by atoms with Crippen LogP contribution in [0.15, 0.2) is 77.3 Å². The fraction of sp³-hybridized carbons (Fsp3) is 0.310. The largest absolute Gasteiger partial charge is 0.483 e. The second-order valence-corrected chi connectivity index (χ2v) is 9.99. The van der Waals surface area contributed by atoms with Crippen molar-refractivity contribution in [2.45, 2.75) is 52.7 Å². The van der Waals surface area contributed by atoms with Crippen molar-refractivity contribution >= 4 is 27.7 Å². The Hall–Kier alpha value is -3.12. The summed E-state index contributed by atoms with van der Waals surface area (Å²) in [7, 11) is 0. The Kier molecular flexibility index (Phi) is 9.49. The van der Waals surface area contributed by atoms with Crippen LogP contribution >= 0.6 is 15.9 Å². The monoisotopic (exact) mass is 536 g/mol. The third-order valence-electron chi connectivity index (χ3n) is 5.64. The molecule has 6 heteroatoms. The lowest BCUT2D eigenvalue weighted by Gasteiger charge is -2.32. The van der Waals surface area contributed by atoms with Gasteiger partial charge in [-0.2, -0.15) is 0 Å². The minimum absolute atomic E-state index is 0.0465. The molecule has 0 aromatic heterocycles. The molecule has 0 radical (unpaired) electrons. The fourth-order valence-electron chi connectivity index (χ4n) is 3.85. The Bertz CT molecular complexity index is 1150. The zero-order valence-corrected chi connectivity index (χ0v) is 22.3. The van der Waals surface area contributed by atoms with Crippen LogP contribution in [0.2, 0.25) is 0 Å². The van der Waals surface area contributed by atoms with Crippen LogP contribution in [0.25, 0.3) is 0 Å². The van der Waals surface area contributed by atoms with Gasteiger partial charge in [-0.15, -0.1) is 0 Å². The Morgan fingerprint density at radius 3 is 2.34 bits per heavy atom. The summed E-state index contributed by atoms with van der Waals surface area (Å²) in [5, 5.41) is 3.00. The van der Waals surface area contributed by atoms with E-state index >= 15 is 0 Å². The van der Waals surface area contributed by atoms with E-state index in [-0.39, 0.29) is 31.0 Å². The van der Waals surface area contributed by atoms with Crippen LogP contribution in [-0.2, 0) is 22.6 Å². The molecule has 0 fully saturated rings. The molecule has 0 heterocycles. The molecule has 3 aromatic carbocycles. The summed E-state index contributed by atoms with van der Waals surface area (Å²) in [5.41, 5.74) is 3.93. The number of amides is 2. The molecule has 1 N–H and O–H groups in total. The highest BCUT2D eigenvalue weighted by Gasteiger charge is 2.31. The summed E-state index contributed by atoms with van der Waals surface area (Å²) in [6, 6.07) is 22.7. The standard InChI is InChI=1S/C29H33BrN2O3/c1-20(2)31-29(34)26(17-23-9-6-5-7-10-23)32(18-24-11-8-12-25(30)16-24)28(33)19-35-27-15-21(3)13-14-22(27)4/h5-16,20,26H,17-19H2,1-4H3,(H,31,34)/t26-/m0/s1. The van der Waals surface area contributed by atoms with E-state index in [0.717, 1.165) is 26.7 Å². The first kappa shape index (κ1) is 26.5. The lowest BCUT2D eigenvalue weighted by Crippen LogP contribution is -2.52. The van der Waals surface area contributed by atoms with Crippen LogP contribution in [0.4, 0.5) is 0 Å². The second-order valence-electron chi connectivity index (χ2n) is 9.08. The third kappa shape index (κ3) is 7.96. The van der Waals surface area contributed by atoms with Crippen LogP contribution in [0.5, 0.6) is 5.75 Å². The van der Waals surface area contributed by atoms with Gasteiger partial charge in [0.15, 0.2) is 6.61 Å². The Morgan fingerprint density at radius 1 is 0.943 bits per heavy atom. The zero-order valence-electron chi connectivity index (χ0n) is 20.8. The number of benzene rings is 3. The second kappa shape index (κ2) is 12.5. The van der Waals surface area contributed by atoms with Crippen molar-refractivity contribution in [1.82, 2.24) is 10.2 Å². The number of halogens is 1. The lowest BCUT2D eigenvalue weighted by atomic mass is 10.0. The number of hydrogen-bond donors (Lipinski definition) is 1. The van der Waals surface area contributed by atoms with E-state index in [0.29, 0.717) is 12.2 Å². The molecule has 3 rings (SSSR count). The van der Waals surface area contributed by atoms with E-state index in [1.54, 1.807) is 4.90 Å². The highest BCUT2D eigenvalue weighted by Crippen LogP contribution is 2.21. The summed E-state index contributed by atoms with van der Waals surface area (Å²) in [6.07, 6.45) is 0.405.